The first kappa shape index (κ1) is 16.2. The Bertz CT molecular complexity index is 734. The van der Waals surface area contributed by atoms with Crippen LogP contribution >= 0.6 is 0 Å². The molecular weight excluding hydrogens is 312 g/mol. The lowest BCUT2D eigenvalue weighted by molar-refractivity contribution is 0.298. The number of hydrogen-bond donors (Lipinski definition) is 1. The first-order chi connectivity index (χ1) is 11.1. The minimum atomic E-state index is -3.44. The largest absolute Gasteiger partial charge is 0.317 e. The topological polar surface area (TPSA) is 67.2 Å². The van der Waals surface area contributed by atoms with E-state index in [0.29, 0.717) is 25.7 Å². The summed E-state index contributed by atoms with van der Waals surface area (Å²) in [4.78, 5) is 0.274. The van der Waals surface area contributed by atoms with Gasteiger partial charge >= 0.3 is 0 Å². The molecule has 7 heteroatoms. The van der Waals surface area contributed by atoms with Gasteiger partial charge in [0.25, 0.3) is 0 Å². The second-order valence-electron chi connectivity index (χ2n) is 5.83. The highest BCUT2D eigenvalue weighted by molar-refractivity contribution is 7.89. The molecule has 0 amide bonds. The van der Waals surface area contributed by atoms with Crippen molar-refractivity contribution in [1.29, 1.82) is 0 Å². The number of nitrogens with one attached hydrogen (secondary N) is 1. The van der Waals surface area contributed by atoms with E-state index in [2.05, 4.69) is 10.4 Å². The van der Waals surface area contributed by atoms with Gasteiger partial charge in [-0.3, -0.25) is 4.68 Å². The summed E-state index contributed by atoms with van der Waals surface area (Å²) in [6.45, 7) is 1.67. The third kappa shape index (κ3) is 3.63. The van der Waals surface area contributed by atoms with E-state index in [0.717, 1.165) is 18.4 Å². The van der Waals surface area contributed by atoms with Gasteiger partial charge in [0, 0.05) is 25.3 Å². The molecule has 0 spiro atoms. The summed E-state index contributed by atoms with van der Waals surface area (Å²) in [5.41, 5.74) is 1.09. The van der Waals surface area contributed by atoms with Crippen LogP contribution in [0.3, 0.4) is 0 Å². The highest BCUT2D eigenvalue weighted by Gasteiger charge is 2.29. The van der Waals surface area contributed by atoms with E-state index in [1.165, 1.54) is 6.20 Å². The molecule has 0 aliphatic carbocycles. The zero-order valence-electron chi connectivity index (χ0n) is 13.2. The molecule has 1 aromatic heterocycles. The molecule has 0 saturated carbocycles. The average Bonchev–Trinajstić information content (AvgIpc) is 3.05. The summed E-state index contributed by atoms with van der Waals surface area (Å²) in [5.74, 6) is 0. The number of aromatic nitrogens is 2. The van der Waals surface area contributed by atoms with E-state index in [4.69, 9.17) is 0 Å². The van der Waals surface area contributed by atoms with E-state index in [1.807, 2.05) is 37.4 Å². The highest BCUT2D eigenvalue weighted by atomic mass is 32.2. The number of rotatable bonds is 5. The molecule has 6 nitrogen and oxygen atoms in total. The lowest BCUT2D eigenvalue weighted by Gasteiger charge is -2.30. The molecule has 3 rings (SSSR count). The molecule has 1 aromatic carbocycles. The number of sulfonamides is 1. The third-order valence-corrected chi connectivity index (χ3v) is 6.15. The summed E-state index contributed by atoms with van der Waals surface area (Å²) in [6, 6.07) is 10.3. The number of piperidine rings is 1. The maximum absolute atomic E-state index is 12.7. The van der Waals surface area contributed by atoms with Gasteiger partial charge in [-0.05, 0) is 25.5 Å². The average molecular weight is 334 g/mol. The van der Waals surface area contributed by atoms with Crippen LogP contribution in [-0.4, -0.2) is 48.7 Å². The van der Waals surface area contributed by atoms with Crippen molar-refractivity contribution in [1.82, 2.24) is 19.4 Å². The molecule has 1 fully saturated rings. The van der Waals surface area contributed by atoms with Gasteiger partial charge in [-0.1, -0.05) is 30.3 Å². The van der Waals surface area contributed by atoms with Crippen LogP contribution < -0.4 is 5.32 Å². The SMILES string of the molecule is CNC1CCN(S(=O)(=O)c2cnn(Cc3ccccc3)c2)CC1. The first-order valence-corrected chi connectivity index (χ1v) is 9.27. The minimum Gasteiger partial charge on any atom is -0.317 e. The van der Waals surface area contributed by atoms with Crippen LogP contribution in [0.15, 0.2) is 47.6 Å². The van der Waals surface area contributed by atoms with Crippen LogP contribution in [0.1, 0.15) is 18.4 Å². The quantitative estimate of drug-likeness (QED) is 0.895. The van der Waals surface area contributed by atoms with Gasteiger partial charge in [-0.25, -0.2) is 8.42 Å². The predicted molar refractivity (Wildman–Crippen MR) is 88.6 cm³/mol. The Balaban J connectivity index is 1.71. The maximum Gasteiger partial charge on any atom is 0.246 e. The third-order valence-electron chi connectivity index (χ3n) is 4.30. The highest BCUT2D eigenvalue weighted by Crippen LogP contribution is 2.20. The van der Waals surface area contributed by atoms with Crippen molar-refractivity contribution in [2.75, 3.05) is 20.1 Å². The lowest BCUT2D eigenvalue weighted by atomic mass is 10.1. The normalized spacial score (nSPS) is 17.4. The van der Waals surface area contributed by atoms with Crippen LogP contribution in [0.4, 0.5) is 0 Å². The van der Waals surface area contributed by atoms with Gasteiger partial charge < -0.3 is 5.32 Å². The van der Waals surface area contributed by atoms with Gasteiger partial charge in [0.1, 0.15) is 4.90 Å². The summed E-state index contributed by atoms with van der Waals surface area (Å²) < 4.78 is 28.6. The molecule has 1 aliphatic rings. The number of hydrogen-bond acceptors (Lipinski definition) is 4. The molecule has 2 aromatic rings. The minimum absolute atomic E-state index is 0.274. The Hall–Kier alpha value is -1.70. The summed E-state index contributed by atoms with van der Waals surface area (Å²) >= 11 is 0. The van der Waals surface area contributed by atoms with Crippen LogP contribution in [0, 0.1) is 0 Å². The van der Waals surface area contributed by atoms with Crippen LogP contribution in [0.25, 0.3) is 0 Å². The van der Waals surface area contributed by atoms with Gasteiger partial charge in [-0.15, -0.1) is 0 Å². The summed E-state index contributed by atoms with van der Waals surface area (Å²) in [6.07, 6.45) is 4.75. The summed E-state index contributed by atoms with van der Waals surface area (Å²) in [7, 11) is -1.52. The second kappa shape index (κ2) is 6.82. The fourth-order valence-electron chi connectivity index (χ4n) is 2.87. The van der Waals surface area contributed by atoms with E-state index in [-0.39, 0.29) is 4.90 Å². The molecule has 1 saturated heterocycles. The molecule has 1 aliphatic heterocycles. The Labute approximate surface area is 137 Å². The molecule has 1 N–H and O–H groups in total. The Morgan fingerprint density at radius 2 is 1.91 bits per heavy atom. The van der Waals surface area contributed by atoms with Crippen LogP contribution in [-0.2, 0) is 16.6 Å². The lowest BCUT2D eigenvalue weighted by Crippen LogP contribution is -2.43. The summed E-state index contributed by atoms with van der Waals surface area (Å²) in [5, 5.41) is 7.41. The molecule has 0 unspecified atom stereocenters. The predicted octanol–water partition coefficient (Wildman–Crippen LogP) is 1.30. The van der Waals surface area contributed by atoms with Gasteiger partial charge in [-0.2, -0.15) is 9.40 Å². The van der Waals surface area contributed by atoms with Crippen molar-refractivity contribution in [2.45, 2.75) is 30.3 Å². The van der Waals surface area contributed by atoms with E-state index in [1.54, 1.807) is 15.2 Å². The van der Waals surface area contributed by atoms with Crippen molar-refractivity contribution in [3.8, 4) is 0 Å². The van der Waals surface area contributed by atoms with Gasteiger partial charge in [0.05, 0.1) is 12.7 Å². The molecule has 23 heavy (non-hydrogen) atoms. The number of benzene rings is 1. The van der Waals surface area contributed by atoms with E-state index in [9.17, 15) is 8.42 Å². The molecule has 0 atom stereocenters. The van der Waals surface area contributed by atoms with Crippen molar-refractivity contribution in [2.24, 2.45) is 0 Å². The Morgan fingerprint density at radius 1 is 1.22 bits per heavy atom. The van der Waals surface area contributed by atoms with Crippen molar-refractivity contribution < 1.29 is 8.42 Å². The molecule has 0 radical (unpaired) electrons. The first-order valence-electron chi connectivity index (χ1n) is 7.83. The van der Waals surface area contributed by atoms with E-state index < -0.39 is 10.0 Å². The van der Waals surface area contributed by atoms with Crippen LogP contribution in [0.5, 0.6) is 0 Å². The van der Waals surface area contributed by atoms with Gasteiger partial charge in [0.2, 0.25) is 10.0 Å². The van der Waals surface area contributed by atoms with Crippen molar-refractivity contribution in [3.63, 3.8) is 0 Å². The molecule has 124 valence electrons. The van der Waals surface area contributed by atoms with Gasteiger partial charge in [0.15, 0.2) is 0 Å². The zero-order valence-corrected chi connectivity index (χ0v) is 14.0. The molecule has 0 bridgehead atoms. The maximum atomic E-state index is 12.7. The van der Waals surface area contributed by atoms with Crippen molar-refractivity contribution in [3.05, 3.63) is 48.3 Å². The molecule has 2 heterocycles. The fraction of sp³-hybridized carbons (Fsp3) is 0.438. The monoisotopic (exact) mass is 334 g/mol. The Morgan fingerprint density at radius 3 is 2.57 bits per heavy atom. The van der Waals surface area contributed by atoms with Crippen LogP contribution in [0.2, 0.25) is 0 Å². The van der Waals surface area contributed by atoms with Crippen molar-refractivity contribution >= 4 is 10.0 Å². The standard InChI is InChI=1S/C16H22N4O2S/c1-17-15-7-9-20(10-8-15)23(21,22)16-11-18-19(13-16)12-14-5-3-2-4-6-14/h2-6,11,13,15,17H,7-10,12H2,1H3. The fourth-order valence-corrected chi connectivity index (χ4v) is 4.29. The number of nitrogens with zero attached hydrogens (tertiary/aromatic N) is 3. The zero-order chi connectivity index (χ0) is 16.3. The second-order valence-corrected chi connectivity index (χ2v) is 7.76. The molecular formula is C16H22N4O2S. The smallest absolute Gasteiger partial charge is 0.246 e. The van der Waals surface area contributed by atoms with E-state index >= 15 is 0 Å². The Kier molecular flexibility index (Phi) is 4.79.